The molecule has 0 aliphatic heterocycles. The summed E-state index contributed by atoms with van der Waals surface area (Å²) in [5.74, 6) is -4.67. The van der Waals surface area contributed by atoms with Gasteiger partial charge >= 0.3 is 5.97 Å². The van der Waals surface area contributed by atoms with Crippen LogP contribution in [0.15, 0.2) is 12.1 Å². The van der Waals surface area contributed by atoms with Gasteiger partial charge in [0.05, 0.1) is 5.92 Å². The number of hydrogen-bond donors (Lipinski definition) is 0. The molecule has 1 aromatic rings. The van der Waals surface area contributed by atoms with Gasteiger partial charge in [-0.05, 0) is 31.6 Å². The van der Waals surface area contributed by atoms with Crippen molar-refractivity contribution in [1.29, 1.82) is 0 Å². The predicted octanol–water partition coefficient (Wildman–Crippen LogP) is 4.23. The molecular weight excluding hydrogens is 269 g/mol. The number of carbonyl (C=O) groups is 1. The first-order chi connectivity index (χ1) is 9.51. The van der Waals surface area contributed by atoms with Crippen molar-refractivity contribution in [3.8, 4) is 5.75 Å². The van der Waals surface area contributed by atoms with E-state index in [1.807, 2.05) is 0 Å². The molecule has 1 saturated carbocycles. The van der Waals surface area contributed by atoms with Crippen LogP contribution in [0.4, 0.5) is 13.2 Å². The van der Waals surface area contributed by atoms with Gasteiger partial charge in [-0.3, -0.25) is 4.79 Å². The maximum Gasteiger partial charge on any atom is 0.314 e. The van der Waals surface area contributed by atoms with E-state index in [9.17, 15) is 18.0 Å². The fraction of sp³-hybridized carbons (Fsp3) is 0.533. The third kappa shape index (κ3) is 3.32. The average Bonchev–Trinajstić information content (AvgIpc) is 2.44. The Morgan fingerprint density at radius 1 is 1.15 bits per heavy atom. The number of carbonyl (C=O) groups excluding carboxylic acids is 1. The van der Waals surface area contributed by atoms with Gasteiger partial charge in [0.25, 0.3) is 0 Å². The molecule has 0 bridgehead atoms. The molecule has 1 aromatic carbocycles. The largest absolute Gasteiger partial charge is 0.426 e. The molecule has 0 saturated heterocycles. The molecule has 0 radical (unpaired) electrons. The van der Waals surface area contributed by atoms with Gasteiger partial charge in [-0.2, -0.15) is 0 Å². The third-order valence-corrected chi connectivity index (χ3v) is 3.93. The van der Waals surface area contributed by atoms with Crippen molar-refractivity contribution in [2.75, 3.05) is 0 Å². The number of hydrogen-bond acceptors (Lipinski definition) is 2. The van der Waals surface area contributed by atoms with Gasteiger partial charge in [0, 0.05) is 12.1 Å². The SMILES string of the molecule is CCC1CCC(C(=O)Oc2cc(F)c(F)c(F)c2)CC1. The Hall–Kier alpha value is -1.52. The van der Waals surface area contributed by atoms with E-state index in [1.165, 1.54) is 0 Å². The highest BCUT2D eigenvalue weighted by atomic mass is 19.2. The first kappa shape index (κ1) is 14.9. The highest BCUT2D eigenvalue weighted by Crippen LogP contribution is 2.31. The first-order valence-electron chi connectivity index (χ1n) is 6.87. The maximum atomic E-state index is 13.0. The van der Waals surface area contributed by atoms with Crippen LogP contribution in [-0.2, 0) is 4.79 Å². The van der Waals surface area contributed by atoms with Crippen LogP contribution in [0, 0.1) is 29.3 Å². The van der Waals surface area contributed by atoms with Gasteiger partial charge in [-0.25, -0.2) is 13.2 Å². The Balaban J connectivity index is 1.98. The van der Waals surface area contributed by atoms with E-state index in [4.69, 9.17) is 4.74 Å². The van der Waals surface area contributed by atoms with Crippen LogP contribution in [0.1, 0.15) is 39.0 Å². The van der Waals surface area contributed by atoms with Crippen molar-refractivity contribution >= 4 is 5.97 Å². The summed E-state index contributed by atoms with van der Waals surface area (Å²) in [4.78, 5) is 11.9. The summed E-state index contributed by atoms with van der Waals surface area (Å²) in [5, 5.41) is 0. The third-order valence-electron chi connectivity index (χ3n) is 3.93. The molecule has 0 N–H and O–H groups in total. The standard InChI is InChI=1S/C15H17F3O2/c1-2-9-3-5-10(6-4-9)15(19)20-11-7-12(16)14(18)13(17)8-11/h7-10H,2-6H2,1H3. The maximum absolute atomic E-state index is 13.0. The van der Waals surface area contributed by atoms with Gasteiger partial charge in [0.15, 0.2) is 17.5 Å². The van der Waals surface area contributed by atoms with Crippen LogP contribution < -0.4 is 4.74 Å². The van der Waals surface area contributed by atoms with Crippen LogP contribution in [0.3, 0.4) is 0 Å². The van der Waals surface area contributed by atoms with E-state index in [2.05, 4.69) is 6.92 Å². The molecule has 0 amide bonds. The number of rotatable bonds is 3. The fourth-order valence-corrected chi connectivity index (χ4v) is 2.60. The molecule has 0 heterocycles. The zero-order valence-corrected chi connectivity index (χ0v) is 11.3. The lowest BCUT2D eigenvalue weighted by Gasteiger charge is -2.26. The minimum Gasteiger partial charge on any atom is -0.426 e. The lowest BCUT2D eigenvalue weighted by molar-refractivity contribution is -0.140. The first-order valence-corrected chi connectivity index (χ1v) is 6.87. The van der Waals surface area contributed by atoms with Crippen molar-refractivity contribution < 1.29 is 22.7 Å². The molecule has 0 atom stereocenters. The van der Waals surface area contributed by atoms with E-state index in [-0.39, 0.29) is 11.7 Å². The van der Waals surface area contributed by atoms with Crippen molar-refractivity contribution in [3.63, 3.8) is 0 Å². The average molecular weight is 286 g/mol. The molecular formula is C15H17F3O2. The van der Waals surface area contributed by atoms with Crippen molar-refractivity contribution in [3.05, 3.63) is 29.6 Å². The van der Waals surface area contributed by atoms with Gasteiger partial charge in [0.2, 0.25) is 0 Å². The summed E-state index contributed by atoms with van der Waals surface area (Å²) in [5.41, 5.74) is 0. The molecule has 0 unspecified atom stereocenters. The molecule has 5 heteroatoms. The molecule has 0 aromatic heterocycles. The van der Waals surface area contributed by atoms with Gasteiger partial charge in [0.1, 0.15) is 5.75 Å². The van der Waals surface area contributed by atoms with Crippen molar-refractivity contribution in [2.45, 2.75) is 39.0 Å². The summed E-state index contributed by atoms with van der Waals surface area (Å²) in [7, 11) is 0. The summed E-state index contributed by atoms with van der Waals surface area (Å²) in [6, 6.07) is 1.38. The van der Waals surface area contributed by atoms with Gasteiger partial charge in [-0.15, -0.1) is 0 Å². The highest BCUT2D eigenvalue weighted by molar-refractivity contribution is 5.75. The molecule has 2 nitrogen and oxygen atoms in total. The fourth-order valence-electron chi connectivity index (χ4n) is 2.60. The zero-order chi connectivity index (χ0) is 14.7. The van der Waals surface area contributed by atoms with E-state index < -0.39 is 23.4 Å². The van der Waals surface area contributed by atoms with Crippen LogP contribution in [0.2, 0.25) is 0 Å². The van der Waals surface area contributed by atoms with E-state index >= 15 is 0 Å². The van der Waals surface area contributed by atoms with E-state index in [0.717, 1.165) is 32.1 Å². The number of benzene rings is 1. The van der Waals surface area contributed by atoms with Crippen LogP contribution in [-0.4, -0.2) is 5.97 Å². The van der Waals surface area contributed by atoms with E-state index in [0.29, 0.717) is 18.1 Å². The summed E-state index contributed by atoms with van der Waals surface area (Å²) in [6.07, 6.45) is 4.47. The second-order valence-electron chi connectivity index (χ2n) is 5.25. The Morgan fingerprint density at radius 2 is 1.70 bits per heavy atom. The molecule has 1 fully saturated rings. The lowest BCUT2D eigenvalue weighted by atomic mass is 9.81. The normalized spacial score (nSPS) is 22.6. The Bertz CT molecular complexity index is 471. The second-order valence-corrected chi connectivity index (χ2v) is 5.25. The predicted molar refractivity (Wildman–Crippen MR) is 67.7 cm³/mol. The summed E-state index contributed by atoms with van der Waals surface area (Å²) in [6.45, 7) is 2.12. The van der Waals surface area contributed by atoms with Crippen molar-refractivity contribution in [1.82, 2.24) is 0 Å². The van der Waals surface area contributed by atoms with Crippen LogP contribution >= 0.6 is 0 Å². The molecule has 110 valence electrons. The Kier molecular flexibility index (Phi) is 4.68. The molecule has 1 aliphatic rings. The minimum atomic E-state index is -1.56. The minimum absolute atomic E-state index is 0.242. The Labute approximate surface area is 115 Å². The Morgan fingerprint density at radius 3 is 2.20 bits per heavy atom. The highest BCUT2D eigenvalue weighted by Gasteiger charge is 2.27. The summed E-state index contributed by atoms with van der Waals surface area (Å²) < 4.78 is 43.8. The van der Waals surface area contributed by atoms with Crippen molar-refractivity contribution in [2.24, 2.45) is 11.8 Å². The number of ether oxygens (including phenoxy) is 1. The van der Waals surface area contributed by atoms with Gasteiger partial charge in [-0.1, -0.05) is 13.3 Å². The lowest BCUT2D eigenvalue weighted by Crippen LogP contribution is -2.25. The monoisotopic (exact) mass is 286 g/mol. The quantitative estimate of drug-likeness (QED) is 0.472. The van der Waals surface area contributed by atoms with E-state index in [1.54, 1.807) is 0 Å². The number of esters is 1. The van der Waals surface area contributed by atoms with Crippen LogP contribution in [0.25, 0.3) is 0 Å². The second kappa shape index (κ2) is 6.29. The van der Waals surface area contributed by atoms with Crippen LogP contribution in [0.5, 0.6) is 5.75 Å². The van der Waals surface area contributed by atoms with Gasteiger partial charge < -0.3 is 4.74 Å². The molecule has 2 rings (SSSR count). The smallest absolute Gasteiger partial charge is 0.314 e. The molecule has 0 spiro atoms. The molecule has 20 heavy (non-hydrogen) atoms. The summed E-state index contributed by atoms with van der Waals surface area (Å²) >= 11 is 0. The number of halogens is 3. The zero-order valence-electron chi connectivity index (χ0n) is 11.3. The molecule has 1 aliphatic carbocycles. The topological polar surface area (TPSA) is 26.3 Å².